The lowest BCUT2D eigenvalue weighted by Crippen LogP contribution is -2.50. The summed E-state index contributed by atoms with van der Waals surface area (Å²) >= 11 is 1.55. The Bertz CT molecular complexity index is 849. The van der Waals surface area contributed by atoms with Gasteiger partial charge in [-0.2, -0.15) is 0 Å². The number of hydrogen-bond acceptors (Lipinski definition) is 7. The van der Waals surface area contributed by atoms with Crippen molar-refractivity contribution in [2.75, 3.05) is 31.2 Å². The van der Waals surface area contributed by atoms with E-state index in [4.69, 9.17) is 4.74 Å². The van der Waals surface area contributed by atoms with Gasteiger partial charge in [0.25, 0.3) is 0 Å². The van der Waals surface area contributed by atoms with E-state index in [0.717, 1.165) is 35.4 Å². The Morgan fingerprint density at radius 2 is 2.19 bits per heavy atom. The predicted octanol–water partition coefficient (Wildman–Crippen LogP) is 1.66. The molecular formula is C18H22N4O4S. The first-order valence-corrected chi connectivity index (χ1v) is 10.0. The average molecular weight is 390 g/mol. The van der Waals surface area contributed by atoms with Crippen molar-refractivity contribution in [2.24, 2.45) is 5.41 Å². The minimum absolute atomic E-state index is 0.131. The van der Waals surface area contributed by atoms with E-state index in [-0.39, 0.29) is 18.5 Å². The zero-order valence-corrected chi connectivity index (χ0v) is 15.7. The Morgan fingerprint density at radius 3 is 2.96 bits per heavy atom. The van der Waals surface area contributed by atoms with E-state index in [2.05, 4.69) is 15.3 Å². The third-order valence-corrected chi connectivity index (χ3v) is 6.39. The van der Waals surface area contributed by atoms with Gasteiger partial charge in [-0.3, -0.25) is 9.59 Å². The lowest BCUT2D eigenvalue weighted by molar-refractivity contribution is -0.154. The number of nitrogens with zero attached hydrogens (tertiary/aromatic N) is 3. The number of hydrogen-bond donors (Lipinski definition) is 2. The van der Waals surface area contributed by atoms with Gasteiger partial charge < -0.3 is 20.1 Å². The summed E-state index contributed by atoms with van der Waals surface area (Å²) in [5.41, 5.74) is -0.938. The first-order valence-electron chi connectivity index (χ1n) is 9.14. The molecule has 2 aromatic heterocycles. The number of aliphatic carboxylic acids is 1. The van der Waals surface area contributed by atoms with Crippen molar-refractivity contribution in [3.05, 3.63) is 17.8 Å². The van der Waals surface area contributed by atoms with Crippen molar-refractivity contribution in [3.63, 3.8) is 0 Å². The molecule has 27 heavy (non-hydrogen) atoms. The second-order valence-electron chi connectivity index (χ2n) is 7.10. The number of aromatic nitrogens is 2. The molecule has 2 N–H and O–H groups in total. The molecule has 144 valence electrons. The topological polar surface area (TPSA) is 105 Å². The summed E-state index contributed by atoms with van der Waals surface area (Å²) in [7, 11) is 0. The van der Waals surface area contributed by atoms with E-state index >= 15 is 0 Å². The molecule has 1 atom stereocenters. The predicted molar refractivity (Wildman–Crippen MR) is 101 cm³/mol. The lowest BCUT2D eigenvalue weighted by Gasteiger charge is -2.34. The van der Waals surface area contributed by atoms with Crippen LogP contribution >= 0.6 is 11.3 Å². The maximum Gasteiger partial charge on any atom is 0.311 e. The number of carbonyl (C=O) groups is 2. The third kappa shape index (κ3) is 3.37. The minimum atomic E-state index is -0.938. The normalized spacial score (nSPS) is 22.1. The van der Waals surface area contributed by atoms with Gasteiger partial charge in [-0.15, -0.1) is 11.3 Å². The number of carboxylic acids is 1. The van der Waals surface area contributed by atoms with E-state index in [0.29, 0.717) is 26.1 Å². The van der Waals surface area contributed by atoms with Crippen LogP contribution in [0.1, 0.15) is 25.7 Å². The smallest absolute Gasteiger partial charge is 0.311 e. The Hall–Kier alpha value is -2.26. The third-order valence-electron chi connectivity index (χ3n) is 5.57. The molecule has 0 bridgehead atoms. The molecule has 1 amide bonds. The van der Waals surface area contributed by atoms with Crippen molar-refractivity contribution in [3.8, 4) is 0 Å². The number of carboxylic acid groups (broad SMARTS) is 1. The van der Waals surface area contributed by atoms with Crippen LogP contribution in [0.3, 0.4) is 0 Å². The van der Waals surface area contributed by atoms with E-state index in [1.807, 2.05) is 16.3 Å². The fraction of sp³-hybridized carbons (Fsp3) is 0.556. The Morgan fingerprint density at radius 1 is 1.37 bits per heavy atom. The molecule has 2 aromatic rings. The molecule has 1 unspecified atom stereocenters. The number of nitrogens with one attached hydrogen (secondary N) is 1. The van der Waals surface area contributed by atoms with Gasteiger partial charge in [0.1, 0.15) is 23.0 Å². The summed E-state index contributed by atoms with van der Waals surface area (Å²) in [6.07, 6.45) is 3.98. The maximum atomic E-state index is 12.9. The van der Waals surface area contributed by atoms with Crippen molar-refractivity contribution >= 4 is 39.2 Å². The van der Waals surface area contributed by atoms with Crippen LogP contribution in [0.25, 0.3) is 10.2 Å². The molecule has 0 aliphatic carbocycles. The number of carbonyl (C=O) groups excluding carboxylic acids is 1. The molecule has 4 heterocycles. The summed E-state index contributed by atoms with van der Waals surface area (Å²) in [6, 6.07) is 1.64. The fourth-order valence-corrected chi connectivity index (χ4v) is 4.63. The first kappa shape index (κ1) is 18.1. The van der Waals surface area contributed by atoms with Crippen LogP contribution in [0.5, 0.6) is 0 Å². The van der Waals surface area contributed by atoms with Gasteiger partial charge in [0.15, 0.2) is 0 Å². The van der Waals surface area contributed by atoms with Crippen molar-refractivity contribution in [1.82, 2.24) is 15.3 Å². The molecule has 0 radical (unpaired) electrons. The second-order valence-corrected chi connectivity index (χ2v) is 8.00. The Labute approximate surface area is 160 Å². The van der Waals surface area contributed by atoms with Gasteiger partial charge in [-0.1, -0.05) is 0 Å². The number of fused-ring (bicyclic) bond motifs is 1. The highest BCUT2D eigenvalue weighted by Gasteiger charge is 2.41. The summed E-state index contributed by atoms with van der Waals surface area (Å²) in [4.78, 5) is 36.3. The lowest BCUT2D eigenvalue weighted by atomic mass is 9.80. The van der Waals surface area contributed by atoms with Crippen molar-refractivity contribution in [1.29, 1.82) is 0 Å². The minimum Gasteiger partial charge on any atom is -0.481 e. The molecule has 0 spiro atoms. The van der Waals surface area contributed by atoms with Gasteiger partial charge in [-0.05, 0) is 37.1 Å². The van der Waals surface area contributed by atoms with Gasteiger partial charge in [-0.25, -0.2) is 9.97 Å². The van der Waals surface area contributed by atoms with E-state index in [1.165, 1.54) is 6.33 Å². The maximum absolute atomic E-state index is 12.9. The quantitative estimate of drug-likeness (QED) is 0.800. The Balaban J connectivity index is 1.49. The fourth-order valence-electron chi connectivity index (χ4n) is 3.90. The molecule has 2 aliphatic rings. The molecular weight excluding hydrogens is 368 g/mol. The molecule has 9 heteroatoms. The zero-order chi connectivity index (χ0) is 18.9. The van der Waals surface area contributed by atoms with E-state index < -0.39 is 11.4 Å². The standard InChI is InChI=1S/C18H22N4O4S/c23-15(19-10-18(17(24)25)4-7-26-8-5-18)13-2-1-6-22(13)14-12-3-9-27-16(12)21-11-20-14/h3,9,11,13H,1-2,4-8,10H2,(H,19,23)(H,24,25). The highest BCUT2D eigenvalue weighted by Crippen LogP contribution is 2.33. The monoisotopic (exact) mass is 390 g/mol. The molecule has 2 saturated heterocycles. The molecule has 2 aliphatic heterocycles. The van der Waals surface area contributed by atoms with Crippen LogP contribution in [0.2, 0.25) is 0 Å². The largest absolute Gasteiger partial charge is 0.481 e. The number of anilines is 1. The summed E-state index contributed by atoms with van der Waals surface area (Å²) in [5.74, 6) is -0.232. The van der Waals surface area contributed by atoms with Gasteiger partial charge in [0, 0.05) is 26.3 Å². The van der Waals surface area contributed by atoms with Crippen LogP contribution in [0.4, 0.5) is 5.82 Å². The molecule has 4 rings (SSSR count). The van der Waals surface area contributed by atoms with E-state index in [9.17, 15) is 14.7 Å². The van der Waals surface area contributed by atoms with Crippen molar-refractivity contribution < 1.29 is 19.4 Å². The number of thiophene rings is 1. The molecule has 0 aromatic carbocycles. The van der Waals surface area contributed by atoms with Crippen LogP contribution in [-0.4, -0.2) is 59.3 Å². The number of amides is 1. The van der Waals surface area contributed by atoms with Gasteiger partial charge in [0.05, 0.1) is 10.8 Å². The SMILES string of the molecule is O=C(NCC1(C(=O)O)CCOCC1)C1CCCN1c1ncnc2sccc12. The first-order chi connectivity index (χ1) is 13.1. The molecule has 2 fully saturated rings. The molecule has 8 nitrogen and oxygen atoms in total. The van der Waals surface area contributed by atoms with Crippen LogP contribution in [0.15, 0.2) is 17.8 Å². The zero-order valence-electron chi connectivity index (χ0n) is 14.9. The average Bonchev–Trinajstić information content (AvgIpc) is 3.35. The van der Waals surface area contributed by atoms with Crippen LogP contribution in [0, 0.1) is 5.41 Å². The number of rotatable bonds is 5. The summed E-state index contributed by atoms with van der Waals surface area (Å²) in [5, 5.41) is 15.5. The van der Waals surface area contributed by atoms with E-state index in [1.54, 1.807) is 11.3 Å². The second kappa shape index (κ2) is 7.40. The summed E-state index contributed by atoms with van der Waals surface area (Å²) < 4.78 is 5.29. The van der Waals surface area contributed by atoms with Gasteiger partial charge >= 0.3 is 5.97 Å². The summed E-state index contributed by atoms with van der Waals surface area (Å²) in [6.45, 7) is 1.70. The van der Waals surface area contributed by atoms with Crippen molar-refractivity contribution in [2.45, 2.75) is 31.7 Å². The van der Waals surface area contributed by atoms with Gasteiger partial charge in [0.2, 0.25) is 5.91 Å². The van der Waals surface area contributed by atoms with Crippen LogP contribution in [-0.2, 0) is 14.3 Å². The highest BCUT2D eigenvalue weighted by atomic mass is 32.1. The Kier molecular flexibility index (Phi) is 4.96. The highest BCUT2D eigenvalue weighted by molar-refractivity contribution is 7.16. The van der Waals surface area contributed by atoms with Crippen LogP contribution < -0.4 is 10.2 Å². The number of ether oxygens (including phenoxy) is 1. The molecule has 0 saturated carbocycles.